The van der Waals surface area contributed by atoms with E-state index in [2.05, 4.69) is 4.99 Å². The fourth-order valence-corrected chi connectivity index (χ4v) is 7.24. The number of aliphatic imine (C=N–C) groups is 1. The van der Waals surface area contributed by atoms with Gasteiger partial charge in [-0.3, -0.25) is 4.79 Å². The van der Waals surface area contributed by atoms with Crippen molar-refractivity contribution in [1.82, 2.24) is 0 Å². The average molecular weight is 414 g/mol. The number of para-hydroxylation sites is 1. The number of sulfone groups is 1. The molecule has 10 heteroatoms. The van der Waals surface area contributed by atoms with Crippen molar-refractivity contribution in [3.8, 4) is 0 Å². The van der Waals surface area contributed by atoms with E-state index in [9.17, 15) is 13.2 Å². The third-order valence-electron chi connectivity index (χ3n) is 3.58. The molecule has 1 aromatic carbocycles. The number of thioether (sulfide) groups is 1. The molecule has 2 atom stereocenters. The van der Waals surface area contributed by atoms with E-state index < -0.39 is 15.7 Å². The maximum atomic E-state index is 11.9. The first kappa shape index (κ1) is 17.4. The Bertz CT molecular complexity index is 777. The van der Waals surface area contributed by atoms with E-state index in [4.69, 9.17) is 34.8 Å². The van der Waals surface area contributed by atoms with E-state index in [-0.39, 0.29) is 28.7 Å². The van der Waals surface area contributed by atoms with Crippen LogP contribution in [0.4, 0.5) is 5.69 Å². The van der Waals surface area contributed by atoms with Gasteiger partial charge in [0.15, 0.2) is 15.0 Å². The van der Waals surface area contributed by atoms with Gasteiger partial charge < -0.3 is 4.90 Å². The van der Waals surface area contributed by atoms with Crippen molar-refractivity contribution < 1.29 is 13.2 Å². The van der Waals surface area contributed by atoms with Gasteiger partial charge >= 0.3 is 0 Å². The molecular weight excluding hydrogens is 403 g/mol. The molecule has 2 aliphatic heterocycles. The number of fused-ring (bicyclic) bond motifs is 1. The van der Waals surface area contributed by atoms with Gasteiger partial charge in [0.2, 0.25) is 0 Å². The van der Waals surface area contributed by atoms with Gasteiger partial charge in [0.05, 0.1) is 33.3 Å². The first-order chi connectivity index (χ1) is 10.8. The summed E-state index contributed by atoms with van der Waals surface area (Å²) >= 11 is 19.3. The summed E-state index contributed by atoms with van der Waals surface area (Å²) in [6, 6.07) is 4.65. The molecule has 0 aromatic heterocycles. The first-order valence-corrected chi connectivity index (χ1v) is 10.6. The van der Waals surface area contributed by atoms with Crippen LogP contribution in [0.3, 0.4) is 0 Å². The number of alkyl halides is 1. The molecule has 0 radical (unpaired) electrons. The molecule has 1 amide bonds. The number of nitrogens with zero attached hydrogens (tertiary/aromatic N) is 2. The molecule has 1 aromatic rings. The number of benzene rings is 1. The standard InChI is InChI=1S/C13H11Cl3N2O3S2/c14-4-11(19)17-13-18(12-7(15)2-1-3-8(12)16)9-5-23(20,21)6-10(9)22-13/h1-3,9-10H,4-6H2/t9-,10-/m1/s1. The van der Waals surface area contributed by atoms with Crippen LogP contribution in [-0.2, 0) is 14.6 Å². The van der Waals surface area contributed by atoms with Gasteiger partial charge in [-0.25, -0.2) is 8.42 Å². The molecule has 0 saturated carbocycles. The Kier molecular flexibility index (Phi) is 4.86. The van der Waals surface area contributed by atoms with E-state index >= 15 is 0 Å². The highest BCUT2D eigenvalue weighted by molar-refractivity contribution is 8.16. The van der Waals surface area contributed by atoms with Crippen molar-refractivity contribution in [2.24, 2.45) is 4.99 Å². The van der Waals surface area contributed by atoms with Gasteiger partial charge in [0, 0.05) is 5.25 Å². The zero-order valence-corrected chi connectivity index (χ0v) is 15.5. The molecule has 23 heavy (non-hydrogen) atoms. The molecule has 2 aliphatic rings. The lowest BCUT2D eigenvalue weighted by Gasteiger charge is -2.26. The van der Waals surface area contributed by atoms with Crippen LogP contribution in [0, 0.1) is 0 Å². The predicted molar refractivity (Wildman–Crippen MR) is 95.9 cm³/mol. The van der Waals surface area contributed by atoms with Crippen molar-refractivity contribution in [2.45, 2.75) is 11.3 Å². The normalized spacial score (nSPS) is 27.4. The van der Waals surface area contributed by atoms with Crippen LogP contribution in [-0.4, -0.2) is 48.2 Å². The number of rotatable bonds is 2. The zero-order valence-electron chi connectivity index (χ0n) is 11.6. The SMILES string of the molecule is O=C(CCl)N=C1S[C@@H]2CS(=O)(=O)C[C@H]2N1c1c(Cl)cccc1Cl. The topological polar surface area (TPSA) is 66.8 Å². The van der Waals surface area contributed by atoms with Gasteiger partial charge in [0.1, 0.15) is 5.88 Å². The predicted octanol–water partition coefficient (Wildman–Crippen LogP) is 2.83. The molecule has 3 rings (SSSR count). The summed E-state index contributed by atoms with van der Waals surface area (Å²) in [4.78, 5) is 17.3. The Hall–Kier alpha value is -0.470. The number of carbonyl (C=O) groups excluding carboxylic acids is 1. The number of hydrogen-bond acceptors (Lipinski definition) is 4. The number of hydrogen-bond donors (Lipinski definition) is 0. The Morgan fingerprint density at radius 1 is 1.30 bits per heavy atom. The lowest BCUT2D eigenvalue weighted by Crippen LogP contribution is -2.38. The molecule has 0 N–H and O–H groups in total. The summed E-state index contributed by atoms with van der Waals surface area (Å²) < 4.78 is 23.9. The van der Waals surface area contributed by atoms with Crippen molar-refractivity contribution in [3.05, 3.63) is 28.2 Å². The van der Waals surface area contributed by atoms with Gasteiger partial charge in [-0.15, -0.1) is 11.6 Å². The molecular formula is C13H11Cl3N2O3S2. The second-order valence-corrected chi connectivity index (χ2v) is 9.60. The van der Waals surface area contributed by atoms with E-state index in [0.717, 1.165) is 0 Å². The number of carbonyl (C=O) groups is 1. The number of amidine groups is 1. The van der Waals surface area contributed by atoms with Crippen LogP contribution >= 0.6 is 46.6 Å². The molecule has 124 valence electrons. The summed E-state index contributed by atoms with van der Waals surface area (Å²) in [6.07, 6.45) is 0. The average Bonchev–Trinajstić information content (AvgIpc) is 2.91. The Morgan fingerprint density at radius 3 is 2.57 bits per heavy atom. The third-order valence-corrected chi connectivity index (χ3v) is 7.63. The molecule has 2 saturated heterocycles. The highest BCUT2D eigenvalue weighted by atomic mass is 35.5. The molecule has 2 fully saturated rings. The van der Waals surface area contributed by atoms with Gasteiger partial charge in [-0.05, 0) is 12.1 Å². The third kappa shape index (κ3) is 3.35. The Labute approximate surface area is 152 Å². The number of halogens is 3. The Morgan fingerprint density at radius 2 is 1.96 bits per heavy atom. The van der Waals surface area contributed by atoms with E-state index in [1.807, 2.05) is 0 Å². The van der Waals surface area contributed by atoms with Crippen molar-refractivity contribution in [3.63, 3.8) is 0 Å². The molecule has 0 unspecified atom stereocenters. The summed E-state index contributed by atoms with van der Waals surface area (Å²) in [5.74, 6) is -0.734. The molecule has 0 bridgehead atoms. The second kappa shape index (κ2) is 6.44. The molecule has 0 spiro atoms. The summed E-state index contributed by atoms with van der Waals surface area (Å²) in [5.41, 5.74) is 0.467. The second-order valence-electron chi connectivity index (χ2n) is 5.16. The van der Waals surface area contributed by atoms with Crippen molar-refractivity contribution in [1.29, 1.82) is 0 Å². The van der Waals surface area contributed by atoms with Gasteiger partial charge in [-0.2, -0.15) is 4.99 Å². The molecule has 2 heterocycles. The summed E-state index contributed by atoms with van der Waals surface area (Å²) in [6.45, 7) is 0. The summed E-state index contributed by atoms with van der Waals surface area (Å²) in [7, 11) is -3.14. The quantitative estimate of drug-likeness (QED) is 0.698. The fourth-order valence-electron chi connectivity index (χ4n) is 2.68. The molecule has 5 nitrogen and oxygen atoms in total. The number of amides is 1. The van der Waals surface area contributed by atoms with Crippen LogP contribution in [0.1, 0.15) is 0 Å². The van der Waals surface area contributed by atoms with Crippen LogP contribution < -0.4 is 4.90 Å². The molecule has 0 aliphatic carbocycles. The minimum atomic E-state index is -3.14. The maximum absolute atomic E-state index is 11.9. The lowest BCUT2D eigenvalue weighted by atomic mass is 10.2. The largest absolute Gasteiger partial charge is 0.313 e. The fraction of sp³-hybridized carbons (Fsp3) is 0.385. The van der Waals surface area contributed by atoms with Crippen LogP contribution in [0.25, 0.3) is 0 Å². The van der Waals surface area contributed by atoms with Crippen LogP contribution in [0.2, 0.25) is 10.0 Å². The van der Waals surface area contributed by atoms with Crippen LogP contribution in [0.15, 0.2) is 23.2 Å². The lowest BCUT2D eigenvalue weighted by molar-refractivity contribution is -0.115. The monoisotopic (exact) mass is 412 g/mol. The van der Waals surface area contributed by atoms with E-state index in [1.165, 1.54) is 11.8 Å². The Balaban J connectivity index is 2.11. The van der Waals surface area contributed by atoms with Gasteiger partial charge in [0.25, 0.3) is 5.91 Å². The minimum absolute atomic E-state index is 0.0275. The van der Waals surface area contributed by atoms with Crippen LogP contribution in [0.5, 0.6) is 0 Å². The summed E-state index contributed by atoms with van der Waals surface area (Å²) in [5, 5.41) is 0.910. The smallest absolute Gasteiger partial charge is 0.262 e. The first-order valence-electron chi connectivity index (χ1n) is 6.60. The maximum Gasteiger partial charge on any atom is 0.262 e. The highest BCUT2D eigenvalue weighted by Crippen LogP contribution is 2.45. The number of anilines is 1. The van der Waals surface area contributed by atoms with E-state index in [1.54, 1.807) is 23.1 Å². The van der Waals surface area contributed by atoms with E-state index in [0.29, 0.717) is 20.9 Å². The highest BCUT2D eigenvalue weighted by Gasteiger charge is 2.50. The van der Waals surface area contributed by atoms with Crippen molar-refractivity contribution in [2.75, 3.05) is 22.3 Å². The minimum Gasteiger partial charge on any atom is -0.313 e. The van der Waals surface area contributed by atoms with Gasteiger partial charge in [-0.1, -0.05) is 41.0 Å². The zero-order chi connectivity index (χ0) is 16.8. The van der Waals surface area contributed by atoms with Crippen molar-refractivity contribution >= 4 is 73.2 Å².